The second-order valence-corrected chi connectivity index (χ2v) is 15.1. The lowest BCUT2D eigenvalue weighted by Gasteiger charge is -2.29. The SMILES string of the molecule is CC1C=C2C(=CC1)c1ccc(N(c3ccc(-c4ccc5c(c4)C(C)(C)c4ccccc4-5)cc3)c3ccc4ccccc4c3)cc1C2(C)C. The standard InChI is InChI=1S/C47H41N/c1-30-14-23-39-41-25-22-37(29-45(41)47(4,5)43(39)26-30)48(36-21-17-31-10-6-7-11-33(31)27-36)35-19-15-32(16-20-35)34-18-24-40-38-12-8-9-13-42(38)46(2,3)44(40)28-34/h6-13,15-30H,14H2,1-5H3. The van der Waals surface area contributed by atoms with Gasteiger partial charge in [0, 0.05) is 27.9 Å². The van der Waals surface area contributed by atoms with Crippen molar-refractivity contribution in [2.75, 3.05) is 4.90 Å². The summed E-state index contributed by atoms with van der Waals surface area (Å²) in [4.78, 5) is 2.43. The van der Waals surface area contributed by atoms with Crippen LogP contribution in [0.25, 0.3) is 38.6 Å². The number of benzene rings is 6. The van der Waals surface area contributed by atoms with Gasteiger partial charge < -0.3 is 4.90 Å². The van der Waals surface area contributed by atoms with Gasteiger partial charge in [0.2, 0.25) is 0 Å². The van der Waals surface area contributed by atoms with Crippen LogP contribution in [0.4, 0.5) is 17.1 Å². The van der Waals surface area contributed by atoms with Crippen LogP contribution in [0.2, 0.25) is 0 Å². The third-order valence-electron chi connectivity index (χ3n) is 11.4. The molecule has 0 heterocycles. The van der Waals surface area contributed by atoms with Crippen molar-refractivity contribution < 1.29 is 0 Å². The molecule has 0 N–H and O–H groups in total. The Kier molecular flexibility index (Phi) is 6.31. The van der Waals surface area contributed by atoms with Crippen LogP contribution >= 0.6 is 0 Å². The molecule has 48 heavy (non-hydrogen) atoms. The van der Waals surface area contributed by atoms with Gasteiger partial charge in [0.15, 0.2) is 0 Å². The van der Waals surface area contributed by atoms with Crippen molar-refractivity contribution >= 4 is 33.4 Å². The van der Waals surface area contributed by atoms with Crippen molar-refractivity contribution in [3.05, 3.63) is 167 Å². The highest BCUT2D eigenvalue weighted by Gasteiger charge is 2.40. The normalized spacial score (nSPS) is 18.0. The Morgan fingerprint density at radius 1 is 0.521 bits per heavy atom. The fourth-order valence-electron chi connectivity index (χ4n) is 8.67. The van der Waals surface area contributed by atoms with Crippen molar-refractivity contribution in [1.29, 1.82) is 0 Å². The summed E-state index contributed by atoms with van der Waals surface area (Å²) in [6.45, 7) is 11.8. The minimum absolute atomic E-state index is 0.0161. The molecule has 0 fully saturated rings. The summed E-state index contributed by atoms with van der Waals surface area (Å²) >= 11 is 0. The summed E-state index contributed by atoms with van der Waals surface area (Å²) in [5, 5.41) is 2.50. The molecule has 3 aliphatic rings. The molecule has 234 valence electrons. The molecule has 1 atom stereocenters. The van der Waals surface area contributed by atoms with Crippen LogP contribution in [0.3, 0.4) is 0 Å². The molecule has 0 saturated carbocycles. The zero-order valence-electron chi connectivity index (χ0n) is 28.5. The Morgan fingerprint density at radius 3 is 1.98 bits per heavy atom. The number of anilines is 3. The van der Waals surface area contributed by atoms with Crippen LogP contribution in [-0.4, -0.2) is 0 Å². The molecule has 6 aromatic carbocycles. The Labute approximate surface area is 284 Å². The topological polar surface area (TPSA) is 3.24 Å². The molecule has 0 radical (unpaired) electrons. The second kappa shape index (κ2) is 10.4. The summed E-state index contributed by atoms with van der Waals surface area (Å²) in [7, 11) is 0. The van der Waals surface area contributed by atoms with Gasteiger partial charge in [0.1, 0.15) is 0 Å². The van der Waals surface area contributed by atoms with Crippen molar-refractivity contribution in [2.45, 2.75) is 51.9 Å². The third-order valence-corrected chi connectivity index (χ3v) is 11.4. The van der Waals surface area contributed by atoms with Crippen molar-refractivity contribution in [1.82, 2.24) is 0 Å². The van der Waals surface area contributed by atoms with Crippen LogP contribution in [0.15, 0.2) is 145 Å². The van der Waals surface area contributed by atoms with Gasteiger partial charge in [-0.1, -0.05) is 132 Å². The molecule has 0 bridgehead atoms. The molecule has 0 aliphatic heterocycles. The first-order valence-electron chi connectivity index (χ1n) is 17.4. The van der Waals surface area contributed by atoms with Crippen LogP contribution < -0.4 is 4.90 Å². The van der Waals surface area contributed by atoms with Crippen molar-refractivity contribution in [2.24, 2.45) is 5.92 Å². The number of allylic oxidation sites excluding steroid dienone is 4. The maximum Gasteiger partial charge on any atom is 0.0468 e. The molecule has 9 rings (SSSR count). The van der Waals surface area contributed by atoms with Gasteiger partial charge in [-0.25, -0.2) is 0 Å². The summed E-state index contributed by atoms with van der Waals surface area (Å²) in [5.41, 5.74) is 17.2. The summed E-state index contributed by atoms with van der Waals surface area (Å²) in [6.07, 6.45) is 6.08. The van der Waals surface area contributed by atoms with Gasteiger partial charge in [0.05, 0.1) is 0 Å². The Morgan fingerprint density at radius 2 is 1.15 bits per heavy atom. The summed E-state index contributed by atoms with van der Waals surface area (Å²) in [5.74, 6) is 0.580. The van der Waals surface area contributed by atoms with E-state index in [9.17, 15) is 0 Å². The average Bonchev–Trinajstić information content (AvgIpc) is 3.47. The maximum absolute atomic E-state index is 2.51. The predicted molar refractivity (Wildman–Crippen MR) is 204 cm³/mol. The Bertz CT molecular complexity index is 2330. The highest BCUT2D eigenvalue weighted by molar-refractivity contribution is 5.94. The van der Waals surface area contributed by atoms with Gasteiger partial charge in [-0.3, -0.25) is 0 Å². The molecule has 3 aliphatic carbocycles. The quantitative estimate of drug-likeness (QED) is 0.190. The number of hydrogen-bond acceptors (Lipinski definition) is 1. The first-order valence-corrected chi connectivity index (χ1v) is 17.4. The van der Waals surface area contributed by atoms with Crippen molar-refractivity contribution in [3.8, 4) is 22.3 Å². The number of rotatable bonds is 4. The molecule has 0 spiro atoms. The lowest BCUT2D eigenvalue weighted by atomic mass is 9.79. The molecule has 0 aromatic heterocycles. The molecular formula is C47H41N. The molecule has 6 aromatic rings. The van der Waals surface area contributed by atoms with E-state index in [2.05, 4.69) is 179 Å². The van der Waals surface area contributed by atoms with E-state index in [1.165, 1.54) is 77.8 Å². The fraction of sp³-hybridized carbons (Fsp3) is 0.191. The van der Waals surface area contributed by atoms with Gasteiger partial charge in [-0.15, -0.1) is 0 Å². The summed E-state index contributed by atoms with van der Waals surface area (Å²) < 4.78 is 0. The van der Waals surface area contributed by atoms with E-state index in [1.807, 2.05) is 0 Å². The van der Waals surface area contributed by atoms with E-state index in [0.717, 1.165) is 12.1 Å². The smallest absolute Gasteiger partial charge is 0.0468 e. The minimum Gasteiger partial charge on any atom is -0.310 e. The number of fused-ring (bicyclic) bond motifs is 7. The second-order valence-electron chi connectivity index (χ2n) is 15.1. The number of hydrogen-bond donors (Lipinski definition) is 0. The van der Waals surface area contributed by atoms with E-state index < -0.39 is 0 Å². The highest BCUT2D eigenvalue weighted by Crippen LogP contribution is 2.54. The van der Waals surface area contributed by atoms with Crippen molar-refractivity contribution in [3.63, 3.8) is 0 Å². The van der Waals surface area contributed by atoms with Gasteiger partial charge in [-0.05, 0) is 121 Å². The molecule has 1 nitrogen and oxygen atoms in total. The maximum atomic E-state index is 2.51. The van der Waals surface area contributed by atoms with Crippen LogP contribution in [0.5, 0.6) is 0 Å². The van der Waals surface area contributed by atoms with E-state index in [-0.39, 0.29) is 10.8 Å². The lowest BCUT2D eigenvalue weighted by molar-refractivity contribution is 0.633. The monoisotopic (exact) mass is 619 g/mol. The van der Waals surface area contributed by atoms with E-state index in [4.69, 9.17) is 0 Å². The molecule has 0 saturated heterocycles. The summed E-state index contributed by atoms with van der Waals surface area (Å²) in [6, 6.07) is 47.7. The van der Waals surface area contributed by atoms with Gasteiger partial charge in [-0.2, -0.15) is 0 Å². The Balaban J connectivity index is 1.15. The fourth-order valence-corrected chi connectivity index (χ4v) is 8.67. The molecule has 1 heteroatoms. The first kappa shape index (κ1) is 29.0. The Hall–Kier alpha value is -5.14. The molecule has 1 unspecified atom stereocenters. The molecular weight excluding hydrogens is 579 g/mol. The van der Waals surface area contributed by atoms with E-state index in [1.54, 1.807) is 0 Å². The third kappa shape index (κ3) is 4.30. The van der Waals surface area contributed by atoms with Crippen LogP contribution in [0, 0.1) is 5.92 Å². The molecule has 0 amide bonds. The average molecular weight is 620 g/mol. The zero-order chi connectivity index (χ0) is 32.8. The van der Waals surface area contributed by atoms with E-state index in [0.29, 0.717) is 5.92 Å². The zero-order valence-corrected chi connectivity index (χ0v) is 28.5. The first-order chi connectivity index (χ1) is 23.2. The number of nitrogens with zero attached hydrogens (tertiary/aromatic N) is 1. The lowest BCUT2D eigenvalue weighted by Crippen LogP contribution is -2.18. The van der Waals surface area contributed by atoms with Crippen LogP contribution in [0.1, 0.15) is 63.3 Å². The van der Waals surface area contributed by atoms with E-state index >= 15 is 0 Å². The predicted octanol–water partition coefficient (Wildman–Crippen LogP) is 12.9. The van der Waals surface area contributed by atoms with Crippen LogP contribution in [-0.2, 0) is 10.8 Å². The van der Waals surface area contributed by atoms with Gasteiger partial charge >= 0.3 is 0 Å². The highest BCUT2D eigenvalue weighted by atomic mass is 15.1. The largest absolute Gasteiger partial charge is 0.310 e. The van der Waals surface area contributed by atoms with Gasteiger partial charge in [0.25, 0.3) is 0 Å². The minimum atomic E-state index is -0.0359.